The van der Waals surface area contributed by atoms with Gasteiger partial charge in [-0.3, -0.25) is 9.69 Å². The van der Waals surface area contributed by atoms with Crippen LogP contribution in [0.1, 0.15) is 19.8 Å². The number of hydrogen-bond donors (Lipinski definition) is 0. The van der Waals surface area contributed by atoms with Crippen LogP contribution in [0.2, 0.25) is 0 Å². The molecule has 3 nitrogen and oxygen atoms in total. The molecule has 0 spiro atoms. The van der Waals surface area contributed by atoms with Crippen LogP contribution < -0.4 is 4.90 Å². The van der Waals surface area contributed by atoms with Crippen molar-refractivity contribution in [3.63, 3.8) is 0 Å². The molecule has 1 aliphatic carbocycles. The summed E-state index contributed by atoms with van der Waals surface area (Å²) in [6.45, 7) is 1.28. The van der Waals surface area contributed by atoms with E-state index in [2.05, 4.69) is 0 Å². The van der Waals surface area contributed by atoms with E-state index in [4.69, 9.17) is 0 Å². The Hall–Kier alpha value is -1.73. The predicted molar refractivity (Wildman–Crippen MR) is 76.4 cm³/mol. The number of hydrogen-bond acceptors (Lipinski definition) is 2. The first-order valence-corrected chi connectivity index (χ1v) is 7.78. The SMILES string of the molecule is CC(=O)N1C2=C(CCC(C(F)(F)F)=C2)[S+]([O-])c2ccccc21. The molecule has 0 aromatic heterocycles. The Bertz CT molecular complexity index is 709. The molecule has 22 heavy (non-hydrogen) atoms. The van der Waals surface area contributed by atoms with Gasteiger partial charge in [0.25, 0.3) is 0 Å². The van der Waals surface area contributed by atoms with Crippen LogP contribution in [0.5, 0.6) is 0 Å². The van der Waals surface area contributed by atoms with Crippen molar-refractivity contribution in [1.82, 2.24) is 0 Å². The lowest BCUT2D eigenvalue weighted by Gasteiger charge is -2.34. The van der Waals surface area contributed by atoms with E-state index in [1.165, 1.54) is 11.8 Å². The fourth-order valence-corrected chi connectivity index (χ4v) is 4.14. The lowest BCUT2D eigenvalue weighted by atomic mass is 10.0. The van der Waals surface area contributed by atoms with Crippen LogP contribution in [-0.4, -0.2) is 16.6 Å². The average Bonchev–Trinajstić information content (AvgIpc) is 2.46. The highest BCUT2D eigenvalue weighted by Gasteiger charge is 2.43. The van der Waals surface area contributed by atoms with E-state index in [0.29, 0.717) is 15.5 Å². The lowest BCUT2D eigenvalue weighted by Crippen LogP contribution is -2.36. The molecule has 1 aromatic rings. The van der Waals surface area contributed by atoms with E-state index in [1.807, 2.05) is 0 Å². The lowest BCUT2D eigenvalue weighted by molar-refractivity contribution is -0.116. The van der Waals surface area contributed by atoms with Crippen molar-refractivity contribution >= 4 is 22.8 Å². The first kappa shape index (κ1) is 15.2. The molecule has 0 N–H and O–H groups in total. The number of halogens is 3. The number of anilines is 1. The summed E-state index contributed by atoms with van der Waals surface area (Å²) >= 11 is -1.54. The van der Waals surface area contributed by atoms with Gasteiger partial charge in [-0.15, -0.1) is 0 Å². The second kappa shape index (κ2) is 5.17. The van der Waals surface area contributed by atoms with E-state index >= 15 is 0 Å². The Morgan fingerprint density at radius 2 is 1.95 bits per heavy atom. The van der Waals surface area contributed by atoms with Crippen molar-refractivity contribution in [2.45, 2.75) is 30.8 Å². The van der Waals surface area contributed by atoms with Gasteiger partial charge in [-0.25, -0.2) is 0 Å². The Kier molecular flexibility index (Phi) is 3.57. The molecule has 2 aliphatic rings. The third-order valence-corrected chi connectivity index (χ3v) is 5.27. The summed E-state index contributed by atoms with van der Waals surface area (Å²) in [5.74, 6) is -0.406. The summed E-state index contributed by atoms with van der Waals surface area (Å²) in [4.78, 5) is 14.0. The Morgan fingerprint density at radius 1 is 1.27 bits per heavy atom. The van der Waals surface area contributed by atoms with Gasteiger partial charge in [-0.05, 0) is 24.6 Å². The molecule has 0 bridgehead atoms. The molecule has 1 unspecified atom stereocenters. The number of benzene rings is 1. The van der Waals surface area contributed by atoms with E-state index in [-0.39, 0.29) is 18.5 Å². The molecular formula is C15H12F3NO2S. The van der Waals surface area contributed by atoms with E-state index in [0.717, 1.165) is 6.08 Å². The summed E-state index contributed by atoms with van der Waals surface area (Å²) in [6.07, 6.45) is -3.68. The highest BCUT2D eigenvalue weighted by molar-refractivity contribution is 7.95. The quantitative estimate of drug-likeness (QED) is 0.683. The van der Waals surface area contributed by atoms with Gasteiger partial charge in [-0.1, -0.05) is 12.1 Å². The molecule has 1 aromatic carbocycles. The first-order valence-electron chi connectivity index (χ1n) is 6.63. The van der Waals surface area contributed by atoms with E-state index in [1.54, 1.807) is 24.3 Å². The number of allylic oxidation sites excluding steroid dienone is 3. The Balaban J connectivity index is 2.19. The Labute approximate surface area is 128 Å². The molecular weight excluding hydrogens is 315 g/mol. The van der Waals surface area contributed by atoms with Gasteiger partial charge >= 0.3 is 6.18 Å². The van der Waals surface area contributed by atoms with E-state index in [9.17, 15) is 22.5 Å². The van der Waals surface area contributed by atoms with Crippen LogP contribution in [0.25, 0.3) is 0 Å². The van der Waals surface area contributed by atoms with Crippen molar-refractivity contribution in [2.75, 3.05) is 4.90 Å². The van der Waals surface area contributed by atoms with Crippen molar-refractivity contribution in [3.05, 3.63) is 46.5 Å². The smallest absolute Gasteiger partial charge is 0.412 e. The molecule has 0 saturated carbocycles. The summed E-state index contributed by atoms with van der Waals surface area (Å²) in [5.41, 5.74) is -0.219. The maximum atomic E-state index is 13.0. The molecule has 1 aliphatic heterocycles. The highest BCUT2D eigenvalue weighted by atomic mass is 32.2. The van der Waals surface area contributed by atoms with Crippen LogP contribution in [0.15, 0.2) is 51.4 Å². The number of carbonyl (C=O) groups is 1. The van der Waals surface area contributed by atoms with Crippen LogP contribution >= 0.6 is 0 Å². The molecule has 3 rings (SSSR count). The zero-order chi connectivity index (χ0) is 16.1. The summed E-state index contributed by atoms with van der Waals surface area (Å²) in [6, 6.07) is 6.58. The number of fused-ring (bicyclic) bond motifs is 1. The van der Waals surface area contributed by atoms with Gasteiger partial charge in [0.1, 0.15) is 11.4 Å². The minimum absolute atomic E-state index is 0.0331. The molecule has 0 radical (unpaired) electrons. The van der Waals surface area contributed by atoms with Gasteiger partial charge in [0.05, 0.1) is 0 Å². The highest BCUT2D eigenvalue weighted by Crippen LogP contribution is 2.45. The zero-order valence-electron chi connectivity index (χ0n) is 11.6. The molecule has 1 heterocycles. The van der Waals surface area contributed by atoms with Gasteiger partial charge in [0.15, 0.2) is 9.80 Å². The van der Waals surface area contributed by atoms with Gasteiger partial charge in [-0.2, -0.15) is 13.2 Å². The van der Waals surface area contributed by atoms with Crippen LogP contribution in [0.3, 0.4) is 0 Å². The maximum absolute atomic E-state index is 13.0. The number of rotatable bonds is 0. The minimum atomic E-state index is -4.44. The van der Waals surface area contributed by atoms with E-state index < -0.39 is 28.8 Å². The molecule has 0 fully saturated rings. The second-order valence-corrected chi connectivity index (χ2v) is 6.54. The fraction of sp³-hybridized carbons (Fsp3) is 0.267. The number of alkyl halides is 3. The van der Waals surface area contributed by atoms with Crippen LogP contribution in [0, 0.1) is 0 Å². The zero-order valence-corrected chi connectivity index (χ0v) is 12.4. The fourth-order valence-electron chi connectivity index (χ4n) is 2.69. The Morgan fingerprint density at radius 3 is 2.59 bits per heavy atom. The standard InChI is InChI=1S/C15H12F3NO2S/c1-9(20)19-11-4-2-3-5-13(11)22(21)14-7-6-10(8-12(14)19)15(16,17)18/h2-5,8H,6-7H2,1H3. The maximum Gasteiger partial charge on any atom is 0.412 e. The van der Waals surface area contributed by atoms with Crippen LogP contribution in [-0.2, 0) is 16.0 Å². The normalized spacial score (nSPS) is 21.2. The number of nitrogens with zero attached hydrogens (tertiary/aromatic N) is 1. The minimum Gasteiger partial charge on any atom is -0.607 e. The topological polar surface area (TPSA) is 43.4 Å². The predicted octanol–water partition coefficient (Wildman–Crippen LogP) is 3.65. The summed E-state index contributed by atoms with van der Waals surface area (Å²) in [7, 11) is 0. The van der Waals surface area contributed by atoms with Crippen molar-refractivity contribution in [1.29, 1.82) is 0 Å². The largest absolute Gasteiger partial charge is 0.607 e. The summed E-state index contributed by atoms with van der Waals surface area (Å²) in [5, 5.41) is 0. The monoisotopic (exact) mass is 327 g/mol. The van der Waals surface area contributed by atoms with Crippen molar-refractivity contribution in [3.8, 4) is 0 Å². The first-order chi connectivity index (χ1) is 10.3. The van der Waals surface area contributed by atoms with Crippen LogP contribution in [0.4, 0.5) is 18.9 Å². The third-order valence-electron chi connectivity index (χ3n) is 3.67. The average molecular weight is 327 g/mol. The van der Waals surface area contributed by atoms with Gasteiger partial charge < -0.3 is 4.55 Å². The second-order valence-electron chi connectivity index (χ2n) is 5.07. The molecule has 7 heteroatoms. The third kappa shape index (κ3) is 2.34. The molecule has 1 amide bonds. The van der Waals surface area contributed by atoms with Gasteiger partial charge in [0.2, 0.25) is 5.91 Å². The summed E-state index contributed by atoms with van der Waals surface area (Å²) < 4.78 is 51.4. The number of para-hydroxylation sites is 1. The molecule has 116 valence electrons. The molecule has 0 saturated heterocycles. The molecule has 1 atom stereocenters. The van der Waals surface area contributed by atoms with Crippen molar-refractivity contribution in [2.24, 2.45) is 0 Å². The van der Waals surface area contributed by atoms with Crippen molar-refractivity contribution < 1.29 is 22.5 Å². The number of carbonyl (C=O) groups excluding carboxylic acids is 1. The van der Waals surface area contributed by atoms with Gasteiger partial charge in [0, 0.05) is 30.1 Å². The number of amides is 1.